The Morgan fingerprint density at radius 3 is 2.77 bits per heavy atom. The number of carbonyl (C=O) groups is 1. The van der Waals surface area contributed by atoms with Crippen molar-refractivity contribution in [2.45, 2.75) is 19.2 Å². The molecule has 1 aromatic carbocycles. The molecular formula is C22H23N3O4S. The molecule has 0 bridgehead atoms. The number of fused-ring (bicyclic) bond motifs is 1. The van der Waals surface area contributed by atoms with E-state index in [-0.39, 0.29) is 18.2 Å². The van der Waals surface area contributed by atoms with Crippen molar-refractivity contribution >= 4 is 17.2 Å². The smallest absolute Gasteiger partial charge is 0.261 e. The van der Waals surface area contributed by atoms with E-state index in [2.05, 4.69) is 21.3 Å². The molecule has 0 saturated carbocycles. The number of carbonyl (C=O) groups excluding carboxylic acids is 1. The summed E-state index contributed by atoms with van der Waals surface area (Å²) in [4.78, 5) is 31.0. The Morgan fingerprint density at radius 2 is 2.00 bits per heavy atom. The number of nitrogens with one attached hydrogen (secondary N) is 2. The molecule has 0 saturated heterocycles. The lowest BCUT2D eigenvalue weighted by molar-refractivity contribution is 0.0788. The average molecular weight is 426 g/mol. The van der Waals surface area contributed by atoms with Crippen molar-refractivity contribution in [3.63, 3.8) is 0 Å². The molecule has 0 unspecified atom stereocenters. The number of rotatable bonds is 7. The maximum atomic E-state index is 12.5. The van der Waals surface area contributed by atoms with Gasteiger partial charge in [0.05, 0.1) is 6.54 Å². The lowest BCUT2D eigenvalue weighted by atomic mass is 10.2. The number of hydrogen-bond donors (Lipinski definition) is 2. The highest BCUT2D eigenvalue weighted by Crippen LogP contribution is 2.30. The Morgan fingerprint density at radius 1 is 1.17 bits per heavy atom. The van der Waals surface area contributed by atoms with Crippen molar-refractivity contribution in [2.24, 2.45) is 0 Å². The fourth-order valence-corrected chi connectivity index (χ4v) is 4.05. The third-order valence-electron chi connectivity index (χ3n) is 4.72. The van der Waals surface area contributed by atoms with Crippen LogP contribution in [0.25, 0.3) is 0 Å². The van der Waals surface area contributed by atoms with E-state index in [1.54, 1.807) is 23.5 Å². The quantitative estimate of drug-likeness (QED) is 0.608. The highest BCUT2D eigenvalue weighted by atomic mass is 32.1. The van der Waals surface area contributed by atoms with E-state index in [0.29, 0.717) is 24.7 Å². The molecule has 4 rings (SSSR count). The first kappa shape index (κ1) is 20.2. The highest BCUT2D eigenvalue weighted by Gasteiger charge is 2.22. The number of amides is 1. The minimum Gasteiger partial charge on any atom is -0.486 e. The zero-order valence-electron chi connectivity index (χ0n) is 16.6. The maximum Gasteiger partial charge on any atom is 0.261 e. The van der Waals surface area contributed by atoms with Gasteiger partial charge in [0.15, 0.2) is 11.5 Å². The minimum absolute atomic E-state index is 0.0804. The van der Waals surface area contributed by atoms with Crippen LogP contribution in [-0.2, 0) is 13.1 Å². The molecule has 2 N–H and O–H groups in total. The Hall–Kier alpha value is -3.10. The predicted octanol–water partition coefficient (Wildman–Crippen LogP) is 2.64. The maximum absolute atomic E-state index is 12.5. The third kappa shape index (κ3) is 4.90. The van der Waals surface area contributed by atoms with Crippen LogP contribution in [0.2, 0.25) is 0 Å². The second-order valence-corrected chi connectivity index (χ2v) is 8.22. The van der Waals surface area contributed by atoms with Crippen molar-refractivity contribution in [3.8, 4) is 11.5 Å². The van der Waals surface area contributed by atoms with Crippen LogP contribution in [0, 0.1) is 0 Å². The second kappa shape index (κ2) is 9.15. The van der Waals surface area contributed by atoms with Gasteiger partial charge in [0.2, 0.25) is 0 Å². The van der Waals surface area contributed by atoms with Crippen LogP contribution in [0.5, 0.6) is 11.5 Å². The topological polar surface area (TPSA) is 83.7 Å². The van der Waals surface area contributed by atoms with Crippen LogP contribution in [0.3, 0.4) is 0 Å². The molecule has 7 nitrogen and oxygen atoms in total. The molecule has 8 heteroatoms. The minimum atomic E-state index is -0.433. The molecule has 3 aromatic rings. The van der Waals surface area contributed by atoms with Crippen LogP contribution in [-0.4, -0.2) is 42.1 Å². The zero-order chi connectivity index (χ0) is 20.9. The summed E-state index contributed by atoms with van der Waals surface area (Å²) in [5.41, 5.74) is 0.439. The summed E-state index contributed by atoms with van der Waals surface area (Å²) in [6.07, 6.45) is -0.312. The van der Waals surface area contributed by atoms with Crippen LogP contribution in [0.4, 0.5) is 0 Å². The van der Waals surface area contributed by atoms with Gasteiger partial charge in [0, 0.05) is 23.7 Å². The van der Waals surface area contributed by atoms with Gasteiger partial charge in [0.1, 0.15) is 18.3 Å². The molecule has 1 atom stereocenters. The fraction of sp³-hybridized carbons (Fsp3) is 0.273. The molecule has 30 heavy (non-hydrogen) atoms. The second-order valence-electron chi connectivity index (χ2n) is 7.19. The summed E-state index contributed by atoms with van der Waals surface area (Å²) >= 11 is 1.70. The number of aromatic amines is 1. The standard InChI is InChI=1S/C22H23N3O4S/c1-25(13-17-5-4-10-30-17)12-15-8-9-18(22(27)24-15)21(26)23-11-16-14-28-19-6-2-3-7-20(19)29-16/h2-10,16H,11-14H2,1H3,(H,23,26)(H,24,27)/t16-/m0/s1. The Balaban J connectivity index is 1.31. The van der Waals surface area contributed by atoms with Crippen molar-refractivity contribution in [1.82, 2.24) is 15.2 Å². The number of aromatic nitrogens is 1. The average Bonchev–Trinajstić information content (AvgIpc) is 3.25. The molecule has 0 spiro atoms. The number of nitrogens with zero attached hydrogens (tertiary/aromatic N) is 1. The highest BCUT2D eigenvalue weighted by molar-refractivity contribution is 7.09. The molecule has 0 fully saturated rings. The number of pyridine rings is 1. The molecule has 0 radical (unpaired) electrons. The number of thiophene rings is 1. The molecule has 0 aliphatic carbocycles. The van der Waals surface area contributed by atoms with E-state index in [4.69, 9.17) is 9.47 Å². The van der Waals surface area contributed by atoms with E-state index >= 15 is 0 Å². The molecule has 1 aliphatic heterocycles. The van der Waals surface area contributed by atoms with Gasteiger partial charge < -0.3 is 19.8 Å². The summed E-state index contributed by atoms with van der Waals surface area (Å²) in [6.45, 7) is 1.97. The zero-order valence-corrected chi connectivity index (χ0v) is 17.4. The first-order valence-electron chi connectivity index (χ1n) is 9.68. The molecule has 2 aromatic heterocycles. The van der Waals surface area contributed by atoms with Crippen molar-refractivity contribution in [1.29, 1.82) is 0 Å². The van der Waals surface area contributed by atoms with Gasteiger partial charge in [-0.05, 0) is 42.8 Å². The molecular weight excluding hydrogens is 402 g/mol. The summed E-state index contributed by atoms with van der Waals surface area (Å²) in [6, 6.07) is 14.8. The Bertz CT molecular complexity index is 1060. The van der Waals surface area contributed by atoms with Crippen molar-refractivity contribution in [2.75, 3.05) is 20.2 Å². The van der Waals surface area contributed by atoms with Crippen LogP contribution in [0.15, 0.2) is 58.7 Å². The first-order chi connectivity index (χ1) is 14.6. The lowest BCUT2D eigenvalue weighted by Crippen LogP contribution is -2.42. The van der Waals surface area contributed by atoms with Crippen LogP contribution < -0.4 is 20.3 Å². The predicted molar refractivity (Wildman–Crippen MR) is 115 cm³/mol. The van der Waals surface area contributed by atoms with Crippen LogP contribution in [0.1, 0.15) is 20.9 Å². The van der Waals surface area contributed by atoms with E-state index in [1.807, 2.05) is 42.8 Å². The van der Waals surface area contributed by atoms with Crippen molar-refractivity contribution in [3.05, 3.63) is 80.4 Å². The van der Waals surface area contributed by atoms with E-state index in [0.717, 1.165) is 12.2 Å². The Kier molecular flexibility index (Phi) is 6.15. The van der Waals surface area contributed by atoms with Gasteiger partial charge in [-0.1, -0.05) is 18.2 Å². The summed E-state index contributed by atoms with van der Waals surface area (Å²) in [5.74, 6) is 0.908. The Labute approximate surface area is 178 Å². The summed E-state index contributed by atoms with van der Waals surface area (Å²) in [7, 11) is 1.99. The van der Waals surface area contributed by atoms with E-state index in [9.17, 15) is 9.59 Å². The lowest BCUT2D eigenvalue weighted by Gasteiger charge is -2.26. The van der Waals surface area contributed by atoms with Gasteiger partial charge in [0.25, 0.3) is 11.5 Å². The number of H-pyrrole nitrogens is 1. The number of benzene rings is 1. The monoisotopic (exact) mass is 425 g/mol. The van der Waals surface area contributed by atoms with Gasteiger partial charge in [-0.15, -0.1) is 11.3 Å². The SMILES string of the molecule is CN(Cc1ccc(C(=O)NC[C@H]2COc3ccccc3O2)c(=O)[nH]1)Cc1cccs1. The van der Waals surface area contributed by atoms with Gasteiger partial charge in [-0.3, -0.25) is 14.5 Å². The molecule has 1 amide bonds. The normalized spacial score (nSPS) is 15.2. The molecule has 3 heterocycles. The van der Waals surface area contributed by atoms with E-state index < -0.39 is 11.5 Å². The summed E-state index contributed by atoms with van der Waals surface area (Å²) < 4.78 is 11.5. The molecule has 1 aliphatic rings. The number of ether oxygens (including phenoxy) is 2. The largest absolute Gasteiger partial charge is 0.486 e. The summed E-state index contributed by atoms with van der Waals surface area (Å²) in [5, 5.41) is 4.80. The fourth-order valence-electron chi connectivity index (χ4n) is 3.27. The first-order valence-corrected chi connectivity index (χ1v) is 10.6. The van der Waals surface area contributed by atoms with Gasteiger partial charge in [-0.2, -0.15) is 0 Å². The van der Waals surface area contributed by atoms with Crippen LogP contribution >= 0.6 is 11.3 Å². The van der Waals surface area contributed by atoms with Gasteiger partial charge >= 0.3 is 0 Å². The van der Waals surface area contributed by atoms with Gasteiger partial charge in [-0.25, -0.2) is 0 Å². The third-order valence-corrected chi connectivity index (χ3v) is 5.58. The number of hydrogen-bond acceptors (Lipinski definition) is 6. The number of para-hydroxylation sites is 2. The van der Waals surface area contributed by atoms with Crippen molar-refractivity contribution < 1.29 is 14.3 Å². The molecule has 156 valence electrons. The van der Waals surface area contributed by atoms with E-state index in [1.165, 1.54) is 4.88 Å².